The van der Waals surface area contributed by atoms with E-state index < -0.39 is 21.4 Å². The number of hydrogen-bond donors (Lipinski definition) is 1. The number of hydrogen-bond acceptors (Lipinski definition) is 7. The number of fused-ring (bicyclic) bond motifs is 1. The van der Waals surface area contributed by atoms with Gasteiger partial charge in [-0.25, -0.2) is 4.39 Å². The number of ether oxygens (including phenoxy) is 2. The van der Waals surface area contributed by atoms with Gasteiger partial charge in [0.05, 0.1) is 25.3 Å². The van der Waals surface area contributed by atoms with Crippen LogP contribution in [0.15, 0.2) is 53.1 Å². The summed E-state index contributed by atoms with van der Waals surface area (Å²) in [5.41, 5.74) is 4.05. The quantitative estimate of drug-likeness (QED) is 0.193. The van der Waals surface area contributed by atoms with Crippen molar-refractivity contribution >= 4 is 27.7 Å². The van der Waals surface area contributed by atoms with Crippen LogP contribution in [0.5, 0.6) is 5.75 Å². The third-order valence-electron chi connectivity index (χ3n) is 6.80. The minimum atomic E-state index is -1.15. The number of aromatic nitrogens is 1. The largest absolute Gasteiger partial charge is 0.489 e. The number of furan rings is 1. The van der Waals surface area contributed by atoms with Crippen molar-refractivity contribution in [1.82, 2.24) is 4.98 Å². The molecule has 0 bridgehead atoms. The molecule has 4 rings (SSSR count). The molecule has 0 saturated carbocycles. The van der Waals surface area contributed by atoms with Crippen LogP contribution in [0.1, 0.15) is 55.8 Å². The average Bonchev–Trinajstić information content (AvgIpc) is 3.34. The molecule has 0 aliphatic carbocycles. The second-order valence-corrected chi connectivity index (χ2v) is 13.5. The Hall–Kier alpha value is -3.56. The normalized spacial score (nSPS) is 12.5. The van der Waals surface area contributed by atoms with E-state index in [1.54, 1.807) is 19.2 Å². The molecule has 1 unspecified atom stereocenters. The first kappa shape index (κ1) is 31.4. The number of nitrogens with zero attached hydrogens (tertiary/aromatic N) is 1. The van der Waals surface area contributed by atoms with E-state index in [9.17, 15) is 14.1 Å². The highest BCUT2D eigenvalue weighted by Gasteiger charge is 2.22. The van der Waals surface area contributed by atoms with Crippen LogP contribution < -0.4 is 4.74 Å². The van der Waals surface area contributed by atoms with Crippen molar-refractivity contribution < 1.29 is 32.4 Å². The smallest absolute Gasteiger partial charge is 0.310 e. The fourth-order valence-corrected chi connectivity index (χ4v) is 5.61. The van der Waals surface area contributed by atoms with E-state index in [2.05, 4.69) is 4.98 Å². The maximum Gasteiger partial charge on any atom is 0.310 e. The Morgan fingerprint density at radius 3 is 2.60 bits per heavy atom. The zero-order valence-corrected chi connectivity index (χ0v) is 25.6. The van der Waals surface area contributed by atoms with Crippen LogP contribution in [0.2, 0.25) is 0 Å². The highest BCUT2D eigenvalue weighted by molar-refractivity contribution is 7.86. The molecule has 7 nitrogen and oxygen atoms in total. The molecule has 0 radical (unpaired) electrons. The zero-order valence-electron chi connectivity index (χ0n) is 24.8. The van der Waals surface area contributed by atoms with Gasteiger partial charge in [0.2, 0.25) is 0 Å². The summed E-state index contributed by atoms with van der Waals surface area (Å²) in [6.07, 6.45) is 2.20. The Kier molecular flexibility index (Phi) is 10.2. The summed E-state index contributed by atoms with van der Waals surface area (Å²) >= 11 is 0. The van der Waals surface area contributed by atoms with Gasteiger partial charge in [0.15, 0.2) is 5.82 Å². The van der Waals surface area contributed by atoms with Crippen LogP contribution in [-0.4, -0.2) is 44.0 Å². The second-order valence-electron chi connectivity index (χ2n) is 11.2. The first-order chi connectivity index (χ1) is 20.0. The Labute approximate surface area is 248 Å². The van der Waals surface area contributed by atoms with Gasteiger partial charge in [-0.2, -0.15) is 0 Å². The maximum absolute atomic E-state index is 15.9. The standard InChI is InChI=1S/C33H38FNO6S/c1-6-39-30(37)19-23-8-7-21(2)15-29(23)40-20-22-16-24-18-25(10-13-36)41-32(24)27(17-22)26-9-12-35-28(31(26)34)11-14-42(38)33(3,4)5/h7-9,12,15-18,36H,6,10-11,13-14,19-20H2,1-5H3. The number of carbonyl (C=O) groups excluding carboxylic acids is 1. The molecule has 4 aromatic rings. The van der Waals surface area contributed by atoms with Crippen molar-refractivity contribution in [3.8, 4) is 16.9 Å². The highest BCUT2D eigenvalue weighted by Crippen LogP contribution is 2.35. The fourth-order valence-electron chi connectivity index (χ4n) is 4.62. The molecule has 2 heterocycles. The molecule has 1 atom stereocenters. The number of carbonyl (C=O) groups is 1. The first-order valence-electron chi connectivity index (χ1n) is 14.1. The molecule has 0 spiro atoms. The zero-order chi connectivity index (χ0) is 30.4. The molecular formula is C33H38FNO6S. The number of aryl methyl sites for hydroxylation is 2. The molecule has 0 aliphatic rings. The molecular weight excluding hydrogens is 557 g/mol. The van der Waals surface area contributed by atoms with Gasteiger partial charge in [0.25, 0.3) is 0 Å². The van der Waals surface area contributed by atoms with E-state index in [0.717, 1.165) is 16.5 Å². The third kappa shape index (κ3) is 7.63. The summed E-state index contributed by atoms with van der Waals surface area (Å²) in [6.45, 7) is 9.77. The van der Waals surface area contributed by atoms with Gasteiger partial charge in [-0.05, 0) is 76.1 Å². The molecule has 2 aromatic heterocycles. The number of esters is 1. The number of aliphatic hydroxyl groups is 1. The SMILES string of the molecule is CCOC(=O)Cc1ccc(C)cc1OCc1cc(-c2ccnc(CCS(=O)C(C)(C)C)c2F)c2oc(CCO)cc2c1. The predicted molar refractivity (Wildman–Crippen MR) is 163 cm³/mol. The van der Waals surface area contributed by atoms with Gasteiger partial charge in [-0.15, -0.1) is 0 Å². The Balaban J connectivity index is 1.70. The number of pyridine rings is 1. The second kappa shape index (κ2) is 13.6. The summed E-state index contributed by atoms with van der Waals surface area (Å²) in [4.78, 5) is 16.4. The summed E-state index contributed by atoms with van der Waals surface area (Å²) < 4.78 is 45.5. The molecule has 0 fully saturated rings. The third-order valence-corrected chi connectivity index (χ3v) is 8.74. The summed E-state index contributed by atoms with van der Waals surface area (Å²) in [5, 5.41) is 10.2. The lowest BCUT2D eigenvalue weighted by molar-refractivity contribution is -0.142. The van der Waals surface area contributed by atoms with Crippen molar-refractivity contribution in [2.75, 3.05) is 19.0 Å². The van der Waals surface area contributed by atoms with E-state index in [0.29, 0.717) is 52.6 Å². The maximum atomic E-state index is 15.9. The van der Waals surface area contributed by atoms with Crippen molar-refractivity contribution in [3.63, 3.8) is 0 Å². The van der Waals surface area contributed by atoms with Crippen molar-refractivity contribution in [2.24, 2.45) is 0 Å². The minimum absolute atomic E-state index is 0.0829. The van der Waals surface area contributed by atoms with Crippen LogP contribution in [0.3, 0.4) is 0 Å². The number of aliphatic hydroxyl groups excluding tert-OH is 1. The molecule has 0 aliphatic heterocycles. The van der Waals surface area contributed by atoms with Crippen LogP contribution in [0, 0.1) is 12.7 Å². The van der Waals surface area contributed by atoms with E-state index in [1.807, 2.05) is 64.1 Å². The molecule has 0 saturated heterocycles. The molecule has 224 valence electrons. The monoisotopic (exact) mass is 595 g/mol. The fraction of sp³-hybridized carbons (Fsp3) is 0.394. The molecule has 1 N–H and O–H groups in total. The number of rotatable bonds is 12. The molecule has 42 heavy (non-hydrogen) atoms. The Morgan fingerprint density at radius 1 is 1.10 bits per heavy atom. The first-order valence-corrected chi connectivity index (χ1v) is 15.4. The van der Waals surface area contributed by atoms with Gasteiger partial charge < -0.3 is 19.0 Å². The van der Waals surface area contributed by atoms with E-state index in [1.165, 1.54) is 0 Å². The van der Waals surface area contributed by atoms with Crippen LogP contribution in [0.25, 0.3) is 22.1 Å². The topological polar surface area (TPSA) is 98.9 Å². The van der Waals surface area contributed by atoms with Crippen LogP contribution in [-0.2, 0) is 46.2 Å². The highest BCUT2D eigenvalue weighted by atomic mass is 32.2. The summed E-state index contributed by atoms with van der Waals surface area (Å²) in [7, 11) is -1.15. The van der Waals surface area contributed by atoms with Crippen molar-refractivity contribution in [2.45, 2.75) is 65.2 Å². The molecule has 0 amide bonds. The minimum Gasteiger partial charge on any atom is -0.489 e. The lowest BCUT2D eigenvalue weighted by atomic mass is 9.99. The van der Waals surface area contributed by atoms with E-state index in [-0.39, 0.29) is 37.7 Å². The predicted octanol–water partition coefficient (Wildman–Crippen LogP) is 6.25. The summed E-state index contributed by atoms with van der Waals surface area (Å²) in [5.74, 6) is 0.629. The van der Waals surface area contributed by atoms with Gasteiger partial charge in [0.1, 0.15) is 23.7 Å². The number of halogens is 1. The Morgan fingerprint density at radius 2 is 1.88 bits per heavy atom. The van der Waals surface area contributed by atoms with Gasteiger partial charge in [0, 0.05) is 62.4 Å². The Bertz CT molecular complexity index is 1590. The molecule has 9 heteroatoms. The van der Waals surface area contributed by atoms with Crippen molar-refractivity contribution in [3.05, 3.63) is 82.6 Å². The van der Waals surface area contributed by atoms with Gasteiger partial charge in [-0.3, -0.25) is 14.0 Å². The molecule has 2 aromatic carbocycles. The van der Waals surface area contributed by atoms with Gasteiger partial charge in [-0.1, -0.05) is 12.1 Å². The van der Waals surface area contributed by atoms with Gasteiger partial charge >= 0.3 is 5.97 Å². The van der Waals surface area contributed by atoms with E-state index >= 15 is 4.39 Å². The lowest BCUT2D eigenvalue weighted by Crippen LogP contribution is -2.25. The number of benzene rings is 2. The lowest BCUT2D eigenvalue weighted by Gasteiger charge is -2.17. The summed E-state index contributed by atoms with van der Waals surface area (Å²) in [6, 6.07) is 12.8. The van der Waals surface area contributed by atoms with Crippen LogP contribution >= 0.6 is 0 Å². The van der Waals surface area contributed by atoms with Crippen LogP contribution in [0.4, 0.5) is 4.39 Å². The van der Waals surface area contributed by atoms with Crippen molar-refractivity contribution in [1.29, 1.82) is 0 Å². The van der Waals surface area contributed by atoms with E-state index in [4.69, 9.17) is 13.9 Å². The average molecular weight is 596 g/mol.